The molecule has 0 radical (unpaired) electrons. The van der Waals surface area contributed by atoms with Crippen LogP contribution in [-0.4, -0.2) is 122 Å². The van der Waals surface area contributed by atoms with E-state index in [1.54, 1.807) is 6.07 Å². The Bertz CT molecular complexity index is 1320. The molecule has 5 rings (SSSR count). The average molecular weight is 611 g/mol. The Morgan fingerprint density at radius 3 is 2.23 bits per heavy atom. The van der Waals surface area contributed by atoms with E-state index in [9.17, 15) is 45.6 Å². The molecule has 43 heavy (non-hydrogen) atoms. The Labute approximate surface area is 245 Å². The van der Waals surface area contributed by atoms with Crippen molar-refractivity contribution in [2.24, 2.45) is 0 Å². The van der Waals surface area contributed by atoms with Gasteiger partial charge >= 0.3 is 0 Å². The summed E-state index contributed by atoms with van der Waals surface area (Å²) in [6.07, 6.45) is -15.9. The number of fused-ring (bicyclic) bond motifs is 1. The predicted molar refractivity (Wildman–Crippen MR) is 141 cm³/mol. The van der Waals surface area contributed by atoms with Gasteiger partial charge in [-0.05, 0) is 24.6 Å². The summed E-state index contributed by atoms with van der Waals surface area (Å²) in [5, 5.41) is 82.2. The molecule has 8 unspecified atom stereocenters. The first-order valence-electron chi connectivity index (χ1n) is 13.5. The van der Waals surface area contributed by atoms with Crippen LogP contribution in [-0.2, 0) is 14.2 Å². The van der Waals surface area contributed by atoms with Gasteiger partial charge in [0.25, 0.3) is 0 Å². The lowest BCUT2D eigenvalue weighted by Gasteiger charge is -2.42. The van der Waals surface area contributed by atoms with E-state index >= 15 is 0 Å². The molecular formula is C28H34O15. The minimum atomic E-state index is -1.77. The van der Waals surface area contributed by atoms with Gasteiger partial charge in [0, 0.05) is 12.1 Å². The number of hydrogen-bond donors (Lipinski definition) is 8. The Morgan fingerprint density at radius 2 is 1.53 bits per heavy atom. The van der Waals surface area contributed by atoms with Crippen LogP contribution in [0.15, 0.2) is 30.3 Å². The number of phenolic OH excluding ortho intramolecular Hbond substituents is 2. The van der Waals surface area contributed by atoms with Gasteiger partial charge in [0.2, 0.25) is 6.29 Å². The van der Waals surface area contributed by atoms with Crippen LogP contribution in [0.3, 0.4) is 0 Å². The monoisotopic (exact) mass is 610 g/mol. The molecule has 236 valence electrons. The van der Waals surface area contributed by atoms with Gasteiger partial charge in [-0.25, -0.2) is 0 Å². The fourth-order valence-electron chi connectivity index (χ4n) is 5.20. The average Bonchev–Trinajstić information content (AvgIpc) is 2.97. The highest BCUT2D eigenvalue weighted by Gasteiger charge is 2.47. The molecule has 2 aromatic carbocycles. The van der Waals surface area contributed by atoms with E-state index in [4.69, 9.17) is 28.4 Å². The zero-order valence-electron chi connectivity index (χ0n) is 23.1. The summed E-state index contributed by atoms with van der Waals surface area (Å²) in [7, 11) is 1.39. The number of carbonyl (C=O) groups excluding carboxylic acids is 1. The molecular weight excluding hydrogens is 576 g/mol. The lowest BCUT2D eigenvalue weighted by molar-refractivity contribution is -0.318. The largest absolute Gasteiger partial charge is 0.507 e. The Morgan fingerprint density at radius 1 is 0.837 bits per heavy atom. The molecule has 11 atom stereocenters. The maximum absolute atomic E-state index is 12.9. The maximum Gasteiger partial charge on any atom is 0.229 e. The molecule has 0 aromatic heterocycles. The molecule has 0 bridgehead atoms. The first kappa shape index (κ1) is 31.2. The summed E-state index contributed by atoms with van der Waals surface area (Å²) in [6, 6.07) is 6.90. The first-order chi connectivity index (χ1) is 20.4. The number of aliphatic hydroxyl groups is 6. The van der Waals surface area contributed by atoms with Gasteiger partial charge in [0.15, 0.2) is 23.6 Å². The molecule has 2 fully saturated rings. The predicted octanol–water partition coefficient (Wildman–Crippen LogP) is -1.16. The van der Waals surface area contributed by atoms with Crippen molar-refractivity contribution in [2.75, 3.05) is 13.7 Å². The molecule has 8 N–H and O–H groups in total. The van der Waals surface area contributed by atoms with Crippen molar-refractivity contribution in [3.8, 4) is 28.7 Å². The SMILES string of the molecule is COc1ccc([C@@H]2CC(=O)c3c(O)cc(OC4OC(COC5OC(C)C(O)[C@H](O)C5O)C(O)[C@@H](O)C4O)cc3O2)cc1O. The quantitative estimate of drug-likeness (QED) is 0.185. The van der Waals surface area contributed by atoms with Crippen molar-refractivity contribution in [2.45, 2.75) is 80.9 Å². The fraction of sp³-hybridized carbons (Fsp3) is 0.536. The first-order valence-corrected chi connectivity index (χ1v) is 13.5. The lowest BCUT2D eigenvalue weighted by Crippen LogP contribution is -2.61. The second-order valence-corrected chi connectivity index (χ2v) is 10.6. The summed E-state index contributed by atoms with van der Waals surface area (Å²) in [4.78, 5) is 12.9. The fourth-order valence-corrected chi connectivity index (χ4v) is 5.20. The van der Waals surface area contributed by atoms with Crippen molar-refractivity contribution >= 4 is 5.78 Å². The van der Waals surface area contributed by atoms with Crippen molar-refractivity contribution in [3.05, 3.63) is 41.5 Å². The van der Waals surface area contributed by atoms with Crippen LogP contribution in [0.1, 0.15) is 35.4 Å². The Balaban J connectivity index is 1.30. The van der Waals surface area contributed by atoms with Crippen LogP contribution >= 0.6 is 0 Å². The van der Waals surface area contributed by atoms with E-state index in [1.165, 1.54) is 32.2 Å². The number of aromatic hydroxyl groups is 2. The van der Waals surface area contributed by atoms with Crippen LogP contribution in [0.25, 0.3) is 0 Å². The highest BCUT2D eigenvalue weighted by Crippen LogP contribution is 2.43. The normalized spacial score (nSPS) is 36.0. The van der Waals surface area contributed by atoms with Gasteiger partial charge in [-0.1, -0.05) is 6.07 Å². The number of aliphatic hydroxyl groups excluding tert-OH is 6. The number of hydrogen-bond acceptors (Lipinski definition) is 15. The van der Waals surface area contributed by atoms with E-state index in [0.717, 1.165) is 6.07 Å². The molecule has 0 spiro atoms. The number of ether oxygens (including phenoxy) is 6. The van der Waals surface area contributed by atoms with Gasteiger partial charge in [0.1, 0.15) is 71.6 Å². The minimum Gasteiger partial charge on any atom is -0.507 e. The molecule has 15 nitrogen and oxygen atoms in total. The van der Waals surface area contributed by atoms with Crippen LogP contribution in [0.5, 0.6) is 28.7 Å². The van der Waals surface area contributed by atoms with Crippen molar-refractivity contribution in [1.29, 1.82) is 0 Å². The Kier molecular flexibility index (Phi) is 8.99. The number of Topliss-reactive ketones (excluding diaryl/α,β-unsaturated/α-hetero) is 1. The minimum absolute atomic E-state index is 0.0457. The smallest absolute Gasteiger partial charge is 0.229 e. The molecule has 3 aliphatic heterocycles. The summed E-state index contributed by atoms with van der Waals surface area (Å²) in [6.45, 7) is 0.964. The lowest BCUT2D eigenvalue weighted by atomic mass is 9.95. The van der Waals surface area contributed by atoms with Gasteiger partial charge in [-0.3, -0.25) is 4.79 Å². The van der Waals surface area contributed by atoms with Crippen LogP contribution in [0, 0.1) is 0 Å². The third kappa shape index (κ3) is 6.08. The molecule has 0 amide bonds. The van der Waals surface area contributed by atoms with Crippen molar-refractivity contribution in [1.82, 2.24) is 0 Å². The molecule has 0 saturated carbocycles. The number of ketones is 1. The highest BCUT2D eigenvalue weighted by molar-refractivity contribution is 6.02. The summed E-state index contributed by atoms with van der Waals surface area (Å²) >= 11 is 0. The molecule has 3 heterocycles. The van der Waals surface area contributed by atoms with E-state index in [-0.39, 0.29) is 35.0 Å². The third-order valence-corrected chi connectivity index (χ3v) is 7.70. The van der Waals surface area contributed by atoms with Crippen LogP contribution < -0.4 is 14.2 Å². The summed E-state index contributed by atoms with van der Waals surface area (Å²) < 4.78 is 33.1. The van der Waals surface area contributed by atoms with Crippen molar-refractivity contribution in [3.63, 3.8) is 0 Å². The van der Waals surface area contributed by atoms with Gasteiger partial charge in [0.05, 0.1) is 26.2 Å². The zero-order valence-corrected chi connectivity index (χ0v) is 23.1. The van der Waals surface area contributed by atoms with Gasteiger partial charge < -0.3 is 69.3 Å². The van der Waals surface area contributed by atoms with Gasteiger partial charge in [-0.2, -0.15) is 0 Å². The number of carbonyl (C=O) groups is 1. The summed E-state index contributed by atoms with van der Waals surface area (Å²) in [5.74, 6) is -0.999. The molecule has 0 aliphatic carbocycles. The summed E-state index contributed by atoms with van der Waals surface area (Å²) in [5.41, 5.74) is 0.373. The second kappa shape index (κ2) is 12.4. The van der Waals surface area contributed by atoms with E-state index in [0.29, 0.717) is 5.56 Å². The zero-order chi connectivity index (χ0) is 31.2. The topological polar surface area (TPSA) is 234 Å². The Hall–Kier alpha value is -3.25. The van der Waals surface area contributed by atoms with Crippen LogP contribution in [0.4, 0.5) is 0 Å². The van der Waals surface area contributed by atoms with Crippen LogP contribution in [0.2, 0.25) is 0 Å². The molecule has 2 aromatic rings. The highest BCUT2D eigenvalue weighted by atomic mass is 16.7. The maximum atomic E-state index is 12.9. The van der Waals surface area contributed by atoms with E-state index in [1.807, 2.05) is 0 Å². The standard InChI is InChI=1S/C28H34O15/c1-10-21(32)23(34)25(36)27(40-10)39-9-19-22(33)24(35)26(37)28(43-19)41-12-6-14(30)20-15(31)8-17(42-18(20)7-12)11-3-4-16(38-2)13(29)5-11/h3-7,10,17,19,21-30,32-37H,8-9H2,1-2H3/t10?,17-,19?,21?,22?,23-,24+,25?,26?,27?,28?/m0/s1. The molecule has 3 aliphatic rings. The van der Waals surface area contributed by atoms with Crippen molar-refractivity contribution < 1.29 is 74.1 Å². The van der Waals surface area contributed by atoms with Gasteiger partial charge in [-0.15, -0.1) is 0 Å². The van der Waals surface area contributed by atoms with E-state index in [2.05, 4.69) is 0 Å². The number of phenols is 2. The number of methoxy groups -OCH3 is 1. The third-order valence-electron chi connectivity index (χ3n) is 7.70. The molecule has 2 saturated heterocycles. The van der Waals surface area contributed by atoms with E-state index < -0.39 is 85.7 Å². The number of benzene rings is 2. The molecule has 15 heteroatoms. The number of rotatable bonds is 7. The second-order valence-electron chi connectivity index (χ2n) is 10.6.